The fraction of sp³-hybridized carbons (Fsp3) is 0.700. The zero-order valence-corrected chi connectivity index (χ0v) is 10.1. The van der Waals surface area contributed by atoms with Crippen molar-refractivity contribution in [2.45, 2.75) is 31.6 Å². The van der Waals surface area contributed by atoms with Gasteiger partial charge in [0.25, 0.3) is 0 Å². The van der Waals surface area contributed by atoms with Gasteiger partial charge in [-0.3, -0.25) is 4.68 Å². The highest BCUT2D eigenvalue weighted by Gasteiger charge is 2.15. The molecule has 0 aliphatic heterocycles. The van der Waals surface area contributed by atoms with Crippen LogP contribution in [0.1, 0.15) is 32.4 Å². The lowest BCUT2D eigenvalue weighted by Gasteiger charge is -2.19. The lowest BCUT2D eigenvalue weighted by Crippen LogP contribution is -2.17. The molecule has 0 fully saturated rings. The molecule has 0 bridgehead atoms. The summed E-state index contributed by atoms with van der Waals surface area (Å²) in [6.45, 7) is 6.61. The molecule has 0 aliphatic rings. The van der Waals surface area contributed by atoms with Crippen molar-refractivity contribution in [3.05, 3.63) is 18.0 Å². The molecule has 0 aliphatic carbocycles. The number of aromatic nitrogens is 2. The molecule has 1 atom stereocenters. The Kier molecular flexibility index (Phi) is 3.61. The van der Waals surface area contributed by atoms with E-state index in [1.165, 1.54) is 0 Å². The van der Waals surface area contributed by atoms with Crippen LogP contribution in [0.4, 0.5) is 0 Å². The number of nitrogens with two attached hydrogens (primary N) is 1. The number of thioether (sulfide) groups is 1. The topological polar surface area (TPSA) is 43.8 Å². The van der Waals surface area contributed by atoms with E-state index in [9.17, 15) is 0 Å². The molecule has 0 radical (unpaired) electrons. The lowest BCUT2D eigenvalue weighted by atomic mass is 10.2. The molecule has 0 spiro atoms. The molecule has 1 heterocycles. The van der Waals surface area contributed by atoms with Gasteiger partial charge in [-0.25, -0.2) is 0 Å². The average Bonchev–Trinajstić information content (AvgIpc) is 2.46. The molecule has 1 unspecified atom stereocenters. The minimum absolute atomic E-state index is 0.0907. The number of hydrogen-bond acceptors (Lipinski definition) is 3. The van der Waals surface area contributed by atoms with Crippen molar-refractivity contribution >= 4 is 11.8 Å². The van der Waals surface area contributed by atoms with E-state index in [0.29, 0.717) is 0 Å². The van der Waals surface area contributed by atoms with Gasteiger partial charge in [0.1, 0.15) is 0 Å². The fourth-order valence-corrected chi connectivity index (χ4v) is 1.94. The van der Waals surface area contributed by atoms with Crippen LogP contribution in [0.15, 0.2) is 12.4 Å². The minimum Gasteiger partial charge on any atom is -0.323 e. The van der Waals surface area contributed by atoms with E-state index in [2.05, 4.69) is 25.9 Å². The molecule has 4 heteroatoms. The fourth-order valence-electron chi connectivity index (χ4n) is 1.07. The van der Waals surface area contributed by atoms with Crippen molar-refractivity contribution in [2.75, 3.05) is 5.75 Å². The Labute approximate surface area is 90.1 Å². The summed E-state index contributed by atoms with van der Waals surface area (Å²) in [6.07, 6.45) is 3.82. The van der Waals surface area contributed by atoms with Gasteiger partial charge in [0, 0.05) is 35.3 Å². The Bertz CT molecular complexity index is 288. The van der Waals surface area contributed by atoms with Crippen LogP contribution in [0, 0.1) is 0 Å². The molecular weight excluding hydrogens is 194 g/mol. The van der Waals surface area contributed by atoms with Gasteiger partial charge in [-0.05, 0) is 0 Å². The van der Waals surface area contributed by atoms with Gasteiger partial charge in [0.15, 0.2) is 0 Å². The lowest BCUT2D eigenvalue weighted by molar-refractivity contribution is 0.760. The third-order valence-corrected chi connectivity index (χ3v) is 3.24. The van der Waals surface area contributed by atoms with E-state index in [0.717, 1.165) is 11.3 Å². The minimum atomic E-state index is 0.0907. The van der Waals surface area contributed by atoms with Crippen LogP contribution < -0.4 is 5.73 Å². The summed E-state index contributed by atoms with van der Waals surface area (Å²) in [7, 11) is 1.91. The van der Waals surface area contributed by atoms with Gasteiger partial charge in [0.2, 0.25) is 0 Å². The maximum absolute atomic E-state index is 6.04. The highest BCUT2D eigenvalue weighted by molar-refractivity contribution is 8.00. The van der Waals surface area contributed by atoms with Crippen molar-refractivity contribution in [1.82, 2.24) is 9.78 Å². The first-order valence-corrected chi connectivity index (χ1v) is 5.75. The van der Waals surface area contributed by atoms with Gasteiger partial charge in [-0.1, -0.05) is 20.8 Å². The third-order valence-electron chi connectivity index (χ3n) is 1.85. The first kappa shape index (κ1) is 11.6. The van der Waals surface area contributed by atoms with Crippen LogP contribution in [0.5, 0.6) is 0 Å². The number of aryl methyl sites for hydroxylation is 1. The SMILES string of the molecule is Cn1cc(C(N)CSC(C)(C)C)cn1. The summed E-state index contributed by atoms with van der Waals surface area (Å²) in [4.78, 5) is 0. The van der Waals surface area contributed by atoms with E-state index in [-0.39, 0.29) is 10.8 Å². The second-order valence-corrected chi connectivity index (χ2v) is 6.32. The van der Waals surface area contributed by atoms with Crippen molar-refractivity contribution in [3.63, 3.8) is 0 Å². The maximum Gasteiger partial charge on any atom is 0.0537 e. The molecule has 0 aromatic carbocycles. The summed E-state index contributed by atoms with van der Waals surface area (Å²) < 4.78 is 2.07. The summed E-state index contributed by atoms with van der Waals surface area (Å²) in [6, 6.07) is 0.0907. The van der Waals surface area contributed by atoms with E-state index in [1.807, 2.05) is 31.2 Å². The van der Waals surface area contributed by atoms with Crippen molar-refractivity contribution in [3.8, 4) is 0 Å². The quantitative estimate of drug-likeness (QED) is 0.834. The molecular formula is C10H19N3S. The predicted molar refractivity (Wildman–Crippen MR) is 62.3 cm³/mol. The van der Waals surface area contributed by atoms with Crippen LogP contribution in [0.2, 0.25) is 0 Å². The molecule has 0 saturated carbocycles. The Morgan fingerprint density at radius 3 is 2.64 bits per heavy atom. The Hall–Kier alpha value is -0.480. The molecule has 2 N–H and O–H groups in total. The third kappa shape index (κ3) is 3.72. The van der Waals surface area contributed by atoms with Gasteiger partial charge in [-0.2, -0.15) is 16.9 Å². The van der Waals surface area contributed by atoms with Gasteiger partial charge in [0.05, 0.1) is 6.20 Å². The van der Waals surface area contributed by atoms with E-state index >= 15 is 0 Å². The van der Waals surface area contributed by atoms with Gasteiger partial charge in [-0.15, -0.1) is 0 Å². The summed E-state index contributed by atoms with van der Waals surface area (Å²) in [5.74, 6) is 0.940. The molecule has 0 saturated heterocycles. The van der Waals surface area contributed by atoms with Crippen LogP contribution in [0.25, 0.3) is 0 Å². The van der Waals surface area contributed by atoms with E-state index in [1.54, 1.807) is 4.68 Å². The standard InChI is InChI=1S/C10H19N3S/c1-10(2,3)14-7-9(11)8-5-12-13(4)6-8/h5-6,9H,7,11H2,1-4H3. The zero-order valence-electron chi connectivity index (χ0n) is 9.32. The molecule has 1 rings (SSSR count). The molecule has 1 aromatic rings. The van der Waals surface area contributed by atoms with Crippen molar-refractivity contribution in [2.24, 2.45) is 12.8 Å². The molecule has 80 valence electrons. The normalized spacial score (nSPS) is 14.4. The van der Waals surface area contributed by atoms with Gasteiger partial charge < -0.3 is 5.73 Å². The van der Waals surface area contributed by atoms with Crippen molar-refractivity contribution in [1.29, 1.82) is 0 Å². The van der Waals surface area contributed by atoms with Crippen LogP contribution >= 0.6 is 11.8 Å². The second kappa shape index (κ2) is 4.36. The first-order chi connectivity index (χ1) is 6.38. The second-order valence-electron chi connectivity index (χ2n) is 4.48. The highest BCUT2D eigenvalue weighted by Crippen LogP contribution is 2.26. The number of nitrogens with zero attached hydrogens (tertiary/aromatic N) is 2. The van der Waals surface area contributed by atoms with Crippen molar-refractivity contribution < 1.29 is 0 Å². The number of hydrogen-bond donors (Lipinski definition) is 1. The van der Waals surface area contributed by atoms with Crippen LogP contribution in [0.3, 0.4) is 0 Å². The van der Waals surface area contributed by atoms with Crippen LogP contribution in [-0.2, 0) is 7.05 Å². The Balaban J connectivity index is 2.47. The predicted octanol–water partition coefficient (Wildman–Crippen LogP) is 1.95. The molecule has 3 nitrogen and oxygen atoms in total. The Morgan fingerprint density at radius 2 is 2.21 bits per heavy atom. The van der Waals surface area contributed by atoms with E-state index < -0.39 is 0 Å². The Morgan fingerprint density at radius 1 is 1.57 bits per heavy atom. The highest BCUT2D eigenvalue weighted by atomic mass is 32.2. The average molecular weight is 213 g/mol. The van der Waals surface area contributed by atoms with Gasteiger partial charge >= 0.3 is 0 Å². The monoisotopic (exact) mass is 213 g/mol. The summed E-state index contributed by atoms with van der Waals surface area (Å²) in [5, 5.41) is 4.11. The molecule has 14 heavy (non-hydrogen) atoms. The molecule has 0 amide bonds. The van der Waals surface area contributed by atoms with E-state index in [4.69, 9.17) is 5.73 Å². The number of rotatable bonds is 3. The smallest absolute Gasteiger partial charge is 0.0537 e. The summed E-state index contributed by atoms with van der Waals surface area (Å²) >= 11 is 1.88. The first-order valence-electron chi connectivity index (χ1n) is 4.76. The largest absolute Gasteiger partial charge is 0.323 e. The zero-order chi connectivity index (χ0) is 10.8. The molecule has 1 aromatic heterocycles. The van der Waals surface area contributed by atoms with Crippen LogP contribution in [-0.4, -0.2) is 20.3 Å². The maximum atomic E-state index is 6.04. The summed E-state index contributed by atoms with van der Waals surface area (Å²) in [5.41, 5.74) is 7.16.